The molecule has 0 aliphatic heterocycles. The first-order chi connectivity index (χ1) is 8.39. The Morgan fingerprint density at radius 2 is 1.67 bits per heavy atom. The topological polar surface area (TPSA) is 20.2 Å². The highest BCUT2D eigenvalue weighted by molar-refractivity contribution is 5.26. The second kappa shape index (κ2) is 5.05. The summed E-state index contributed by atoms with van der Waals surface area (Å²) in [4.78, 5) is 0. The molecule has 0 radical (unpaired) electrons. The molecule has 0 atom stereocenters. The van der Waals surface area contributed by atoms with Crippen LogP contribution in [0.1, 0.15) is 57.6 Å². The Bertz CT molecular complexity index is 383. The van der Waals surface area contributed by atoms with Crippen LogP contribution >= 0.6 is 0 Å². The summed E-state index contributed by atoms with van der Waals surface area (Å²) in [5, 5.41) is 10.5. The highest BCUT2D eigenvalue weighted by atomic mass is 16.3. The molecule has 1 aliphatic carbocycles. The zero-order valence-electron chi connectivity index (χ0n) is 12.1. The standard InChI is InChI=1S/C17H26O/c1-12(2)15-7-5-14(6-8-15)9-17(18)10-16(11-17)13(3)4/h5-8,12-13,16,18H,9-11H2,1-4H3. The summed E-state index contributed by atoms with van der Waals surface area (Å²) in [5.74, 6) is 2.00. The minimum Gasteiger partial charge on any atom is -0.390 e. The van der Waals surface area contributed by atoms with E-state index in [0.717, 1.165) is 19.3 Å². The first kappa shape index (κ1) is 13.6. The molecule has 1 aliphatic rings. The third-order valence-electron chi connectivity index (χ3n) is 4.41. The van der Waals surface area contributed by atoms with Gasteiger partial charge in [-0.2, -0.15) is 0 Å². The summed E-state index contributed by atoms with van der Waals surface area (Å²) >= 11 is 0. The largest absolute Gasteiger partial charge is 0.390 e. The second-order valence-electron chi connectivity index (χ2n) is 6.71. The second-order valence-corrected chi connectivity index (χ2v) is 6.71. The van der Waals surface area contributed by atoms with Crippen molar-refractivity contribution < 1.29 is 5.11 Å². The molecule has 100 valence electrons. The van der Waals surface area contributed by atoms with Crippen LogP contribution in [0.5, 0.6) is 0 Å². The normalized spacial score (nSPS) is 27.6. The minimum absolute atomic E-state index is 0.436. The van der Waals surface area contributed by atoms with Gasteiger partial charge in [0, 0.05) is 6.42 Å². The Balaban J connectivity index is 1.94. The maximum Gasteiger partial charge on any atom is 0.0693 e. The van der Waals surface area contributed by atoms with E-state index >= 15 is 0 Å². The molecule has 1 fully saturated rings. The average Bonchev–Trinajstić information content (AvgIpc) is 2.26. The summed E-state index contributed by atoms with van der Waals surface area (Å²) in [5.41, 5.74) is 2.21. The van der Waals surface area contributed by atoms with Gasteiger partial charge < -0.3 is 5.11 Å². The summed E-state index contributed by atoms with van der Waals surface area (Å²) in [6, 6.07) is 8.75. The molecule has 1 aromatic rings. The average molecular weight is 246 g/mol. The van der Waals surface area contributed by atoms with Gasteiger partial charge in [0.15, 0.2) is 0 Å². The van der Waals surface area contributed by atoms with Gasteiger partial charge in [0.1, 0.15) is 0 Å². The van der Waals surface area contributed by atoms with Crippen molar-refractivity contribution in [1.29, 1.82) is 0 Å². The van der Waals surface area contributed by atoms with Gasteiger partial charge in [0.05, 0.1) is 5.60 Å². The van der Waals surface area contributed by atoms with E-state index < -0.39 is 5.60 Å². The zero-order valence-corrected chi connectivity index (χ0v) is 12.1. The van der Waals surface area contributed by atoms with Gasteiger partial charge in [-0.15, -0.1) is 0 Å². The Morgan fingerprint density at radius 1 is 1.11 bits per heavy atom. The number of aliphatic hydroxyl groups is 1. The predicted octanol–water partition coefficient (Wildman–Crippen LogP) is 4.15. The molecule has 0 saturated heterocycles. The van der Waals surface area contributed by atoms with Crippen LogP contribution in [-0.4, -0.2) is 10.7 Å². The molecule has 0 spiro atoms. The molecule has 0 amide bonds. The van der Waals surface area contributed by atoms with Crippen molar-refractivity contribution in [3.8, 4) is 0 Å². The smallest absolute Gasteiger partial charge is 0.0693 e. The van der Waals surface area contributed by atoms with Crippen LogP contribution in [0.3, 0.4) is 0 Å². The van der Waals surface area contributed by atoms with Gasteiger partial charge in [0.2, 0.25) is 0 Å². The first-order valence-electron chi connectivity index (χ1n) is 7.21. The van der Waals surface area contributed by atoms with Crippen LogP contribution in [0.2, 0.25) is 0 Å². The Kier molecular flexibility index (Phi) is 3.82. The van der Waals surface area contributed by atoms with Gasteiger partial charge in [-0.05, 0) is 41.7 Å². The van der Waals surface area contributed by atoms with E-state index in [1.165, 1.54) is 11.1 Å². The summed E-state index contributed by atoms with van der Waals surface area (Å²) in [6.07, 6.45) is 2.75. The van der Waals surface area contributed by atoms with Crippen LogP contribution in [0.4, 0.5) is 0 Å². The fourth-order valence-electron chi connectivity index (χ4n) is 2.93. The molecule has 18 heavy (non-hydrogen) atoms. The molecule has 0 aromatic heterocycles. The van der Waals surface area contributed by atoms with Gasteiger partial charge in [-0.25, -0.2) is 0 Å². The molecule has 0 bridgehead atoms. The van der Waals surface area contributed by atoms with E-state index in [0.29, 0.717) is 17.8 Å². The lowest BCUT2D eigenvalue weighted by molar-refractivity contribution is -0.0860. The third-order valence-corrected chi connectivity index (χ3v) is 4.41. The number of benzene rings is 1. The minimum atomic E-state index is -0.436. The zero-order chi connectivity index (χ0) is 13.3. The van der Waals surface area contributed by atoms with Crippen molar-refractivity contribution in [2.75, 3.05) is 0 Å². The number of hydrogen-bond acceptors (Lipinski definition) is 1. The van der Waals surface area contributed by atoms with Gasteiger partial charge >= 0.3 is 0 Å². The van der Waals surface area contributed by atoms with Gasteiger partial charge in [0.25, 0.3) is 0 Å². The molecule has 1 aromatic carbocycles. The first-order valence-corrected chi connectivity index (χ1v) is 7.21. The number of hydrogen-bond donors (Lipinski definition) is 1. The van der Waals surface area contributed by atoms with Crippen LogP contribution in [0.25, 0.3) is 0 Å². The number of rotatable bonds is 4. The van der Waals surface area contributed by atoms with Crippen LogP contribution in [0, 0.1) is 11.8 Å². The molecule has 1 heteroatoms. The maximum atomic E-state index is 10.5. The molecule has 0 unspecified atom stereocenters. The van der Waals surface area contributed by atoms with Crippen molar-refractivity contribution in [3.05, 3.63) is 35.4 Å². The van der Waals surface area contributed by atoms with Crippen molar-refractivity contribution in [2.45, 2.75) is 58.5 Å². The SMILES string of the molecule is CC(C)c1ccc(CC2(O)CC(C(C)C)C2)cc1. The highest BCUT2D eigenvalue weighted by Crippen LogP contribution is 2.43. The van der Waals surface area contributed by atoms with Crippen molar-refractivity contribution in [3.63, 3.8) is 0 Å². The van der Waals surface area contributed by atoms with Gasteiger partial charge in [-0.1, -0.05) is 52.0 Å². The molecule has 1 N–H and O–H groups in total. The monoisotopic (exact) mass is 246 g/mol. The summed E-state index contributed by atoms with van der Waals surface area (Å²) < 4.78 is 0. The van der Waals surface area contributed by atoms with E-state index in [4.69, 9.17) is 0 Å². The van der Waals surface area contributed by atoms with Crippen molar-refractivity contribution >= 4 is 0 Å². The molecule has 0 heterocycles. The summed E-state index contributed by atoms with van der Waals surface area (Å²) in [6.45, 7) is 8.92. The quantitative estimate of drug-likeness (QED) is 0.846. The maximum absolute atomic E-state index is 10.5. The highest BCUT2D eigenvalue weighted by Gasteiger charge is 2.43. The predicted molar refractivity (Wildman–Crippen MR) is 76.7 cm³/mol. The lowest BCUT2D eigenvalue weighted by Crippen LogP contribution is -2.47. The van der Waals surface area contributed by atoms with E-state index in [1.807, 2.05) is 0 Å². The Hall–Kier alpha value is -0.820. The lowest BCUT2D eigenvalue weighted by Gasteiger charge is -2.46. The Labute approximate surface area is 111 Å². The van der Waals surface area contributed by atoms with E-state index in [1.54, 1.807) is 0 Å². The molecule has 1 nitrogen and oxygen atoms in total. The van der Waals surface area contributed by atoms with E-state index in [2.05, 4.69) is 52.0 Å². The lowest BCUT2D eigenvalue weighted by atomic mass is 9.64. The molecule has 1 saturated carbocycles. The molecular formula is C17H26O. The fourth-order valence-corrected chi connectivity index (χ4v) is 2.93. The Morgan fingerprint density at radius 3 is 2.11 bits per heavy atom. The molecule has 2 rings (SSSR count). The van der Waals surface area contributed by atoms with Crippen molar-refractivity contribution in [2.24, 2.45) is 11.8 Å². The van der Waals surface area contributed by atoms with Crippen LogP contribution < -0.4 is 0 Å². The van der Waals surface area contributed by atoms with E-state index in [9.17, 15) is 5.11 Å². The third kappa shape index (κ3) is 2.95. The van der Waals surface area contributed by atoms with Crippen LogP contribution in [-0.2, 0) is 6.42 Å². The van der Waals surface area contributed by atoms with Crippen molar-refractivity contribution in [1.82, 2.24) is 0 Å². The van der Waals surface area contributed by atoms with Gasteiger partial charge in [-0.3, -0.25) is 0 Å². The van der Waals surface area contributed by atoms with Crippen LogP contribution in [0.15, 0.2) is 24.3 Å². The molecular weight excluding hydrogens is 220 g/mol. The van der Waals surface area contributed by atoms with E-state index in [-0.39, 0.29) is 0 Å². The fraction of sp³-hybridized carbons (Fsp3) is 0.647. The summed E-state index contributed by atoms with van der Waals surface area (Å²) in [7, 11) is 0.